The van der Waals surface area contributed by atoms with Gasteiger partial charge in [0.2, 0.25) is 10.9 Å². The van der Waals surface area contributed by atoms with Crippen molar-refractivity contribution in [1.82, 2.24) is 0 Å². The number of carbonyl (C=O) groups is 1. The molecule has 0 amide bonds. The lowest BCUT2D eigenvalue weighted by Crippen LogP contribution is -2.31. The molecular weight excluding hydrogens is 396 g/mol. The number of hydrogen-bond acceptors (Lipinski definition) is 6. The van der Waals surface area contributed by atoms with E-state index in [2.05, 4.69) is 0 Å². The summed E-state index contributed by atoms with van der Waals surface area (Å²) in [4.78, 5) is 37.5. The summed E-state index contributed by atoms with van der Waals surface area (Å²) in [5.41, 5.74) is 1.68. The summed E-state index contributed by atoms with van der Waals surface area (Å²) in [6.45, 7) is 14.9. The average Bonchev–Trinajstić information content (AvgIpc) is 2.66. The van der Waals surface area contributed by atoms with Crippen LogP contribution >= 0.6 is 0 Å². The normalized spacial score (nSPS) is 12.0. The Morgan fingerprint density at radius 3 is 2.03 bits per heavy atom. The highest BCUT2D eigenvalue weighted by Gasteiger charge is 2.28. The molecule has 0 unspecified atom stereocenters. The Hall–Kier alpha value is -2.89. The van der Waals surface area contributed by atoms with Crippen molar-refractivity contribution < 1.29 is 18.4 Å². The average molecular weight is 427 g/mol. The summed E-state index contributed by atoms with van der Waals surface area (Å²) in [6, 6.07) is 1.80. The van der Waals surface area contributed by atoms with Crippen LogP contribution in [0.3, 0.4) is 0 Å². The van der Waals surface area contributed by atoms with E-state index in [0.29, 0.717) is 40.2 Å². The maximum absolute atomic E-state index is 12.7. The monoisotopic (exact) mass is 426 g/mol. The van der Waals surface area contributed by atoms with Crippen LogP contribution in [0.25, 0.3) is 22.7 Å². The predicted octanol–water partition coefficient (Wildman–Crippen LogP) is 5.67. The molecule has 2 aliphatic rings. The first kappa shape index (κ1) is 22.8. The van der Waals surface area contributed by atoms with Crippen LogP contribution in [0.4, 0.5) is 0 Å². The number of aryl methyl sites for hydroxylation is 1. The van der Waals surface area contributed by atoms with Crippen molar-refractivity contribution in [3.63, 3.8) is 0 Å². The lowest BCUT2D eigenvalue weighted by Gasteiger charge is -2.19. The fourth-order valence-corrected chi connectivity index (χ4v) is 3.73. The van der Waals surface area contributed by atoms with E-state index in [1.807, 2.05) is 41.5 Å². The topological polar surface area (TPSA) is 86.7 Å². The van der Waals surface area contributed by atoms with E-state index in [9.17, 15) is 14.4 Å². The van der Waals surface area contributed by atoms with E-state index >= 15 is 0 Å². The van der Waals surface area contributed by atoms with Crippen molar-refractivity contribution in [2.45, 2.75) is 73.6 Å². The lowest BCUT2D eigenvalue weighted by atomic mass is 9.95. The summed E-state index contributed by atoms with van der Waals surface area (Å²) in [5, 5.41) is 0. The highest BCUT2D eigenvalue weighted by Crippen LogP contribution is 2.40. The molecule has 0 atom stereocenters. The molecule has 0 spiro atoms. The van der Waals surface area contributed by atoms with Crippen molar-refractivity contribution in [3.05, 3.63) is 48.8 Å². The number of carbonyl (C=O) groups excluding carboxylic acids is 1. The number of ether oxygens (including phenoxy) is 1. The second kappa shape index (κ2) is 8.33. The van der Waals surface area contributed by atoms with Crippen LogP contribution in [-0.2, 0) is 4.79 Å². The molecule has 1 aromatic carbocycles. The van der Waals surface area contributed by atoms with Gasteiger partial charge >= 0.3 is 5.97 Å². The van der Waals surface area contributed by atoms with E-state index in [1.54, 1.807) is 19.9 Å². The van der Waals surface area contributed by atoms with Gasteiger partial charge in [0.25, 0.3) is 0 Å². The number of hydrogen-bond donors (Lipinski definition) is 0. The van der Waals surface area contributed by atoms with Crippen LogP contribution in [0.5, 0.6) is 5.75 Å². The molecule has 1 heterocycles. The minimum atomic E-state index is -0.587. The van der Waals surface area contributed by atoms with Crippen molar-refractivity contribution >= 4 is 17.1 Å². The first-order valence-electron chi connectivity index (χ1n) is 10.7. The first-order valence-corrected chi connectivity index (χ1v) is 10.7. The van der Waals surface area contributed by atoms with Crippen LogP contribution in [0, 0.1) is 19.8 Å². The first-order chi connectivity index (χ1) is 14.4. The number of rotatable bonds is 5. The molecule has 1 aromatic rings. The fourth-order valence-electron chi connectivity index (χ4n) is 3.73. The molecule has 0 aromatic heterocycles. The van der Waals surface area contributed by atoms with E-state index in [1.165, 1.54) is 0 Å². The van der Waals surface area contributed by atoms with Gasteiger partial charge in [0, 0.05) is 23.1 Å². The fraction of sp³-hybridized carbons (Fsp3) is 0.480. The van der Waals surface area contributed by atoms with Gasteiger partial charge in [-0.3, -0.25) is 14.4 Å². The molecular formula is C25H30O6. The number of esters is 1. The second-order valence-electron chi connectivity index (χ2n) is 9.19. The zero-order chi connectivity index (χ0) is 23.2. The third-order valence-corrected chi connectivity index (χ3v) is 5.45. The summed E-state index contributed by atoms with van der Waals surface area (Å²) >= 11 is 0. The third-order valence-electron chi connectivity index (χ3n) is 5.45. The molecule has 1 aliphatic carbocycles. The van der Waals surface area contributed by atoms with Crippen LogP contribution < -0.4 is 15.6 Å². The Morgan fingerprint density at radius 2 is 1.48 bits per heavy atom. The minimum absolute atomic E-state index is 0.0381. The van der Waals surface area contributed by atoms with E-state index in [-0.39, 0.29) is 35.0 Å². The number of benzene rings is 2. The minimum Gasteiger partial charge on any atom is -0.449 e. The standard InChI is InChI=1S/C25H30O6/c1-11(2)9-18(26)29-17-10-16(12(3)4)24-22(14(17)7)30-23-15(8)20(27)21(28)19(13(5)6)25(23)31-24/h10-13H,9H2,1-8H3. The molecule has 0 saturated carbocycles. The van der Waals surface area contributed by atoms with Gasteiger partial charge in [0.1, 0.15) is 5.75 Å². The highest BCUT2D eigenvalue weighted by molar-refractivity contribution is 5.85. The van der Waals surface area contributed by atoms with E-state index in [0.717, 1.165) is 5.56 Å². The molecule has 0 radical (unpaired) electrons. The van der Waals surface area contributed by atoms with Crippen molar-refractivity contribution in [2.75, 3.05) is 0 Å². The molecule has 6 nitrogen and oxygen atoms in total. The molecule has 0 bridgehead atoms. The molecule has 0 saturated heterocycles. The Kier molecular flexibility index (Phi) is 6.12. The van der Waals surface area contributed by atoms with Gasteiger partial charge in [0.15, 0.2) is 22.7 Å². The zero-order valence-electron chi connectivity index (χ0n) is 19.5. The van der Waals surface area contributed by atoms with Crippen LogP contribution in [0.2, 0.25) is 0 Å². The molecule has 6 heteroatoms. The van der Waals surface area contributed by atoms with E-state index in [4.69, 9.17) is 13.6 Å². The van der Waals surface area contributed by atoms with Gasteiger partial charge in [-0.1, -0.05) is 41.5 Å². The van der Waals surface area contributed by atoms with Gasteiger partial charge in [-0.25, -0.2) is 0 Å². The van der Waals surface area contributed by atoms with Gasteiger partial charge in [0.05, 0.1) is 5.56 Å². The zero-order valence-corrected chi connectivity index (χ0v) is 19.5. The molecule has 3 rings (SSSR count). The molecule has 31 heavy (non-hydrogen) atoms. The largest absolute Gasteiger partial charge is 0.449 e. The summed E-state index contributed by atoms with van der Waals surface area (Å²) in [6.07, 6.45) is 0.302. The van der Waals surface area contributed by atoms with Crippen LogP contribution in [0.1, 0.15) is 82.1 Å². The van der Waals surface area contributed by atoms with E-state index < -0.39 is 10.9 Å². The second-order valence-corrected chi connectivity index (χ2v) is 9.19. The van der Waals surface area contributed by atoms with Crippen LogP contribution in [0.15, 0.2) is 24.5 Å². The number of fused-ring (bicyclic) bond motifs is 2. The Morgan fingerprint density at radius 1 is 0.871 bits per heavy atom. The van der Waals surface area contributed by atoms with Crippen molar-refractivity contribution in [3.8, 4) is 17.3 Å². The maximum atomic E-state index is 12.7. The van der Waals surface area contributed by atoms with Crippen molar-refractivity contribution in [2.24, 2.45) is 5.92 Å². The predicted molar refractivity (Wildman–Crippen MR) is 120 cm³/mol. The third kappa shape index (κ3) is 4.03. The Labute approximate surface area is 181 Å². The van der Waals surface area contributed by atoms with Crippen molar-refractivity contribution in [1.29, 1.82) is 0 Å². The van der Waals surface area contributed by atoms with Gasteiger partial charge in [-0.15, -0.1) is 0 Å². The molecule has 0 fully saturated rings. The smallest absolute Gasteiger partial charge is 0.311 e. The molecule has 0 N–H and O–H groups in total. The SMILES string of the molecule is Cc1c2oc3c(C)c(OC(=O)CC(C)C)cc(C(C)C)c3oc-2c(C(C)C)c(=O)c1=O. The summed E-state index contributed by atoms with van der Waals surface area (Å²) in [7, 11) is 0. The van der Waals surface area contributed by atoms with Gasteiger partial charge in [-0.05, 0) is 37.7 Å². The Balaban J connectivity index is 2.41. The maximum Gasteiger partial charge on any atom is 0.311 e. The lowest BCUT2D eigenvalue weighted by molar-refractivity contribution is -0.135. The Bertz CT molecular complexity index is 1240. The van der Waals surface area contributed by atoms with Crippen LogP contribution in [-0.4, -0.2) is 5.97 Å². The summed E-state index contributed by atoms with van der Waals surface area (Å²) < 4.78 is 18.1. The molecule has 1 aliphatic heterocycles. The highest BCUT2D eigenvalue weighted by atomic mass is 16.5. The van der Waals surface area contributed by atoms with Gasteiger partial charge in [-0.2, -0.15) is 0 Å². The summed E-state index contributed by atoms with van der Waals surface area (Å²) in [5.74, 6) is 0.649. The molecule has 166 valence electrons. The quantitative estimate of drug-likeness (QED) is 0.226. The van der Waals surface area contributed by atoms with Gasteiger partial charge < -0.3 is 13.6 Å².